The Morgan fingerprint density at radius 3 is 2.92 bits per heavy atom. The molecule has 1 atom stereocenters. The Kier molecular flexibility index (Phi) is 3.89. The van der Waals surface area contributed by atoms with Crippen molar-refractivity contribution in [3.05, 3.63) is 12.2 Å². The van der Waals surface area contributed by atoms with Crippen LogP contribution in [0, 0.1) is 0 Å². The summed E-state index contributed by atoms with van der Waals surface area (Å²) in [6.45, 7) is 8.18. The van der Waals surface area contributed by atoms with E-state index in [0.29, 0.717) is 6.04 Å². The predicted octanol–water partition coefficient (Wildman–Crippen LogP) is 1.19. The van der Waals surface area contributed by atoms with Gasteiger partial charge in [0.25, 0.3) is 0 Å². The zero-order chi connectivity index (χ0) is 9.68. The molecule has 0 aliphatic carbocycles. The molecule has 74 valence electrons. The standard InChI is InChI=1S/C9H18N4/c1-4-8(3)10-6-9-12-11-7-13(9)5-2/h7-8,10H,4-6H2,1-3H3. The molecule has 0 aliphatic heterocycles. The Bertz CT molecular complexity index is 244. The summed E-state index contributed by atoms with van der Waals surface area (Å²) in [4.78, 5) is 0. The van der Waals surface area contributed by atoms with Crippen molar-refractivity contribution >= 4 is 0 Å². The summed E-state index contributed by atoms with van der Waals surface area (Å²) in [5, 5.41) is 11.3. The van der Waals surface area contributed by atoms with Crippen LogP contribution in [0.2, 0.25) is 0 Å². The number of hydrogen-bond donors (Lipinski definition) is 1. The summed E-state index contributed by atoms with van der Waals surface area (Å²) in [5.74, 6) is 1.02. The first-order chi connectivity index (χ1) is 6.27. The third-order valence-electron chi connectivity index (χ3n) is 2.26. The Labute approximate surface area is 79.4 Å². The van der Waals surface area contributed by atoms with Crippen LogP contribution < -0.4 is 5.32 Å². The van der Waals surface area contributed by atoms with Crippen molar-refractivity contribution < 1.29 is 0 Å². The molecule has 4 heteroatoms. The van der Waals surface area contributed by atoms with E-state index in [0.717, 1.165) is 25.3 Å². The van der Waals surface area contributed by atoms with Crippen LogP contribution in [0.4, 0.5) is 0 Å². The summed E-state index contributed by atoms with van der Waals surface area (Å²) >= 11 is 0. The fraction of sp³-hybridized carbons (Fsp3) is 0.778. The zero-order valence-corrected chi connectivity index (χ0v) is 8.62. The van der Waals surface area contributed by atoms with Crippen molar-refractivity contribution in [2.45, 2.75) is 46.3 Å². The monoisotopic (exact) mass is 182 g/mol. The van der Waals surface area contributed by atoms with Gasteiger partial charge in [0.1, 0.15) is 12.2 Å². The van der Waals surface area contributed by atoms with Crippen LogP contribution in [0.5, 0.6) is 0 Å². The lowest BCUT2D eigenvalue weighted by atomic mass is 10.2. The molecule has 0 saturated heterocycles. The van der Waals surface area contributed by atoms with Gasteiger partial charge in [-0.3, -0.25) is 0 Å². The predicted molar refractivity (Wildman–Crippen MR) is 52.3 cm³/mol. The Hall–Kier alpha value is -0.900. The van der Waals surface area contributed by atoms with E-state index in [9.17, 15) is 0 Å². The molecule has 1 unspecified atom stereocenters. The minimum Gasteiger partial charge on any atom is -0.317 e. The average Bonchev–Trinajstić information content (AvgIpc) is 2.61. The van der Waals surface area contributed by atoms with E-state index >= 15 is 0 Å². The van der Waals surface area contributed by atoms with Crippen molar-refractivity contribution in [2.24, 2.45) is 0 Å². The maximum Gasteiger partial charge on any atom is 0.146 e. The maximum absolute atomic E-state index is 4.04. The highest BCUT2D eigenvalue weighted by molar-refractivity contribution is 4.85. The summed E-state index contributed by atoms with van der Waals surface area (Å²) in [6.07, 6.45) is 2.91. The number of hydrogen-bond acceptors (Lipinski definition) is 3. The molecule has 0 radical (unpaired) electrons. The lowest BCUT2D eigenvalue weighted by Crippen LogP contribution is -2.26. The molecular weight excluding hydrogens is 164 g/mol. The molecule has 13 heavy (non-hydrogen) atoms. The van der Waals surface area contributed by atoms with Crippen molar-refractivity contribution in [1.29, 1.82) is 0 Å². The second-order valence-corrected chi connectivity index (χ2v) is 3.22. The number of aromatic nitrogens is 3. The minimum atomic E-state index is 0.544. The van der Waals surface area contributed by atoms with Gasteiger partial charge in [-0.25, -0.2) is 0 Å². The van der Waals surface area contributed by atoms with E-state index < -0.39 is 0 Å². The quantitative estimate of drug-likeness (QED) is 0.743. The molecule has 0 saturated carbocycles. The first kappa shape index (κ1) is 10.2. The fourth-order valence-electron chi connectivity index (χ4n) is 1.09. The SMILES string of the molecule is CCC(C)NCc1nncn1CC. The molecule has 1 N–H and O–H groups in total. The van der Waals surface area contributed by atoms with Gasteiger partial charge in [-0.15, -0.1) is 10.2 Å². The molecule has 1 rings (SSSR count). The van der Waals surface area contributed by atoms with Crippen LogP contribution >= 0.6 is 0 Å². The van der Waals surface area contributed by atoms with E-state index in [1.54, 1.807) is 6.33 Å². The first-order valence-corrected chi connectivity index (χ1v) is 4.88. The van der Waals surface area contributed by atoms with Gasteiger partial charge in [-0.2, -0.15) is 0 Å². The second kappa shape index (κ2) is 4.97. The average molecular weight is 182 g/mol. The van der Waals surface area contributed by atoms with E-state index in [1.165, 1.54) is 0 Å². The van der Waals surface area contributed by atoms with Crippen LogP contribution in [-0.2, 0) is 13.1 Å². The Morgan fingerprint density at radius 1 is 1.54 bits per heavy atom. The smallest absolute Gasteiger partial charge is 0.146 e. The molecule has 0 fully saturated rings. The lowest BCUT2D eigenvalue weighted by Gasteiger charge is -2.10. The summed E-state index contributed by atoms with van der Waals surface area (Å²) in [7, 11) is 0. The molecule has 1 aromatic heterocycles. The number of nitrogens with one attached hydrogen (secondary N) is 1. The van der Waals surface area contributed by atoms with E-state index in [2.05, 4.69) is 40.9 Å². The van der Waals surface area contributed by atoms with Gasteiger partial charge >= 0.3 is 0 Å². The van der Waals surface area contributed by atoms with Gasteiger partial charge in [0, 0.05) is 12.6 Å². The molecule has 0 aromatic carbocycles. The normalized spacial score (nSPS) is 13.2. The van der Waals surface area contributed by atoms with Crippen LogP contribution in [0.1, 0.15) is 33.0 Å². The zero-order valence-electron chi connectivity index (χ0n) is 8.62. The van der Waals surface area contributed by atoms with Gasteiger partial charge in [0.2, 0.25) is 0 Å². The van der Waals surface area contributed by atoms with Gasteiger partial charge < -0.3 is 9.88 Å². The number of nitrogens with zero attached hydrogens (tertiary/aromatic N) is 3. The second-order valence-electron chi connectivity index (χ2n) is 3.22. The van der Waals surface area contributed by atoms with E-state index in [4.69, 9.17) is 0 Å². The van der Waals surface area contributed by atoms with Crippen molar-refractivity contribution in [1.82, 2.24) is 20.1 Å². The minimum absolute atomic E-state index is 0.544. The fourth-order valence-corrected chi connectivity index (χ4v) is 1.09. The molecule has 0 spiro atoms. The molecular formula is C9H18N4. The first-order valence-electron chi connectivity index (χ1n) is 4.88. The largest absolute Gasteiger partial charge is 0.317 e. The van der Waals surface area contributed by atoms with E-state index in [1.807, 2.05) is 0 Å². The summed E-state index contributed by atoms with van der Waals surface area (Å²) in [6, 6.07) is 0.544. The topological polar surface area (TPSA) is 42.7 Å². The molecule has 0 amide bonds. The number of rotatable bonds is 5. The molecule has 4 nitrogen and oxygen atoms in total. The molecule has 1 heterocycles. The van der Waals surface area contributed by atoms with Crippen molar-refractivity contribution in [3.8, 4) is 0 Å². The van der Waals surface area contributed by atoms with Gasteiger partial charge in [0.05, 0.1) is 6.54 Å². The van der Waals surface area contributed by atoms with Crippen LogP contribution in [-0.4, -0.2) is 20.8 Å². The summed E-state index contributed by atoms with van der Waals surface area (Å²) in [5.41, 5.74) is 0. The van der Waals surface area contributed by atoms with Crippen molar-refractivity contribution in [2.75, 3.05) is 0 Å². The van der Waals surface area contributed by atoms with Gasteiger partial charge in [0.15, 0.2) is 0 Å². The van der Waals surface area contributed by atoms with Gasteiger partial charge in [-0.1, -0.05) is 6.92 Å². The summed E-state index contributed by atoms with van der Waals surface area (Å²) < 4.78 is 2.05. The van der Waals surface area contributed by atoms with Crippen LogP contribution in [0.25, 0.3) is 0 Å². The molecule has 0 bridgehead atoms. The van der Waals surface area contributed by atoms with Crippen LogP contribution in [0.15, 0.2) is 6.33 Å². The highest BCUT2D eigenvalue weighted by Gasteiger charge is 2.03. The highest BCUT2D eigenvalue weighted by Crippen LogP contribution is 1.96. The Balaban J connectivity index is 2.44. The molecule has 1 aromatic rings. The third kappa shape index (κ3) is 2.81. The third-order valence-corrected chi connectivity index (χ3v) is 2.26. The maximum atomic E-state index is 4.04. The number of aryl methyl sites for hydroxylation is 1. The molecule has 0 aliphatic rings. The highest BCUT2D eigenvalue weighted by atomic mass is 15.3. The Morgan fingerprint density at radius 2 is 2.31 bits per heavy atom. The van der Waals surface area contributed by atoms with Crippen LogP contribution in [0.3, 0.4) is 0 Å². The van der Waals surface area contributed by atoms with Crippen molar-refractivity contribution in [3.63, 3.8) is 0 Å². The lowest BCUT2D eigenvalue weighted by molar-refractivity contribution is 0.510. The van der Waals surface area contributed by atoms with E-state index in [-0.39, 0.29) is 0 Å². The van der Waals surface area contributed by atoms with Gasteiger partial charge in [-0.05, 0) is 20.3 Å².